The summed E-state index contributed by atoms with van der Waals surface area (Å²) in [5.74, 6) is 0. The lowest BCUT2D eigenvalue weighted by atomic mass is 10.2. The highest BCUT2D eigenvalue weighted by Crippen LogP contribution is 2.29. The Morgan fingerprint density at radius 1 is 0.960 bits per heavy atom. The van der Waals surface area contributed by atoms with Gasteiger partial charge in [0.05, 0.1) is 10.7 Å². The highest BCUT2D eigenvalue weighted by atomic mass is 35.5. The molecule has 25 heavy (non-hydrogen) atoms. The Morgan fingerprint density at radius 3 is 2.52 bits per heavy atom. The first-order valence-corrected chi connectivity index (χ1v) is 8.78. The molecule has 0 aliphatic rings. The van der Waals surface area contributed by atoms with Gasteiger partial charge in [0, 0.05) is 30.5 Å². The van der Waals surface area contributed by atoms with Crippen molar-refractivity contribution < 1.29 is 0 Å². The van der Waals surface area contributed by atoms with Crippen LogP contribution in [-0.2, 0) is 6.54 Å². The van der Waals surface area contributed by atoms with Crippen LogP contribution in [0.2, 0.25) is 10.0 Å². The van der Waals surface area contributed by atoms with Crippen LogP contribution < -0.4 is 4.90 Å². The number of anilines is 1. The molecule has 0 unspecified atom stereocenters. The predicted octanol–water partition coefficient (Wildman–Crippen LogP) is 6.11. The summed E-state index contributed by atoms with van der Waals surface area (Å²) in [7, 11) is 0. The maximum atomic E-state index is 6.42. The van der Waals surface area contributed by atoms with E-state index in [9.17, 15) is 0 Å². The predicted molar refractivity (Wildman–Crippen MR) is 107 cm³/mol. The number of benzene rings is 2. The second kappa shape index (κ2) is 8.70. The number of hydrogen-bond donors (Lipinski definition) is 0. The number of halogens is 2. The Bertz CT molecular complexity index is 833. The minimum Gasteiger partial charge on any atom is -0.362 e. The van der Waals surface area contributed by atoms with Gasteiger partial charge in [-0.15, -0.1) is 0 Å². The van der Waals surface area contributed by atoms with Crippen molar-refractivity contribution in [2.75, 3.05) is 11.4 Å². The van der Waals surface area contributed by atoms with Crippen molar-refractivity contribution in [2.24, 2.45) is 0 Å². The highest BCUT2D eigenvalue weighted by molar-refractivity contribution is 6.36. The molecule has 0 N–H and O–H groups in total. The number of hydrogen-bond acceptors (Lipinski definition) is 2. The van der Waals surface area contributed by atoms with E-state index in [2.05, 4.69) is 40.2 Å². The van der Waals surface area contributed by atoms with Gasteiger partial charge in [0.1, 0.15) is 0 Å². The Morgan fingerprint density at radius 2 is 1.80 bits per heavy atom. The molecular weight excluding hydrogens is 351 g/mol. The zero-order valence-electron chi connectivity index (χ0n) is 13.6. The first-order chi connectivity index (χ1) is 12.2. The molecule has 0 fully saturated rings. The van der Waals surface area contributed by atoms with Crippen molar-refractivity contribution in [3.05, 3.63) is 100 Å². The van der Waals surface area contributed by atoms with Gasteiger partial charge in [0.2, 0.25) is 0 Å². The van der Waals surface area contributed by atoms with Gasteiger partial charge in [-0.2, -0.15) is 0 Å². The normalized spacial score (nSPS) is 11.0. The smallest absolute Gasteiger partial charge is 0.0654 e. The molecule has 3 rings (SSSR count). The zero-order valence-corrected chi connectivity index (χ0v) is 15.2. The zero-order chi connectivity index (χ0) is 17.5. The Hall–Kier alpha value is -2.29. The van der Waals surface area contributed by atoms with Gasteiger partial charge in [0.15, 0.2) is 0 Å². The SMILES string of the molecule is Clc1ccc(N(C/C=C/c2ccccc2)Cc2cccnc2)c(Cl)c1. The van der Waals surface area contributed by atoms with Crippen LogP contribution in [0.25, 0.3) is 6.08 Å². The fraction of sp³-hybridized carbons (Fsp3) is 0.0952. The lowest BCUT2D eigenvalue weighted by molar-refractivity contribution is 0.863. The second-order valence-electron chi connectivity index (χ2n) is 5.65. The Kier molecular flexibility index (Phi) is 6.10. The van der Waals surface area contributed by atoms with Crippen LogP contribution in [0.4, 0.5) is 5.69 Å². The molecule has 1 heterocycles. The molecule has 0 saturated carbocycles. The van der Waals surface area contributed by atoms with Crippen LogP contribution in [0, 0.1) is 0 Å². The summed E-state index contributed by atoms with van der Waals surface area (Å²) in [5, 5.41) is 1.28. The van der Waals surface area contributed by atoms with E-state index in [1.807, 2.05) is 42.6 Å². The van der Waals surface area contributed by atoms with Crippen LogP contribution in [0.3, 0.4) is 0 Å². The minimum absolute atomic E-state index is 0.634. The van der Waals surface area contributed by atoms with Crippen LogP contribution in [0.15, 0.2) is 79.1 Å². The van der Waals surface area contributed by atoms with E-state index >= 15 is 0 Å². The fourth-order valence-corrected chi connectivity index (χ4v) is 3.11. The van der Waals surface area contributed by atoms with E-state index in [1.165, 1.54) is 5.56 Å². The first-order valence-electron chi connectivity index (χ1n) is 8.03. The molecule has 2 nitrogen and oxygen atoms in total. The van der Waals surface area contributed by atoms with Crippen molar-refractivity contribution >= 4 is 35.0 Å². The van der Waals surface area contributed by atoms with Crippen molar-refractivity contribution in [3.8, 4) is 0 Å². The van der Waals surface area contributed by atoms with Crippen LogP contribution in [0.1, 0.15) is 11.1 Å². The fourth-order valence-electron chi connectivity index (χ4n) is 2.58. The third-order valence-electron chi connectivity index (χ3n) is 3.78. The summed E-state index contributed by atoms with van der Waals surface area (Å²) in [5.41, 5.74) is 3.25. The van der Waals surface area contributed by atoms with Crippen LogP contribution >= 0.6 is 23.2 Å². The van der Waals surface area contributed by atoms with Crippen LogP contribution in [0.5, 0.6) is 0 Å². The number of nitrogens with zero attached hydrogens (tertiary/aromatic N) is 2. The lowest BCUT2D eigenvalue weighted by Gasteiger charge is -2.24. The average Bonchev–Trinajstić information content (AvgIpc) is 2.63. The van der Waals surface area contributed by atoms with Crippen molar-refractivity contribution in [3.63, 3.8) is 0 Å². The quantitative estimate of drug-likeness (QED) is 0.521. The molecule has 126 valence electrons. The molecule has 0 saturated heterocycles. The molecule has 0 radical (unpaired) electrons. The summed E-state index contributed by atoms with van der Waals surface area (Å²) >= 11 is 12.5. The minimum atomic E-state index is 0.634. The molecule has 4 heteroatoms. The second-order valence-corrected chi connectivity index (χ2v) is 6.49. The maximum absolute atomic E-state index is 6.42. The molecule has 0 aliphatic heterocycles. The lowest BCUT2D eigenvalue weighted by Crippen LogP contribution is -2.23. The van der Waals surface area contributed by atoms with E-state index in [1.54, 1.807) is 12.3 Å². The standard InChI is InChI=1S/C21H18Cl2N2/c22-19-10-11-21(20(23)14-19)25(16-18-8-4-12-24-15-18)13-5-9-17-6-2-1-3-7-17/h1-12,14-15H,13,16H2/b9-5+. The molecule has 3 aromatic rings. The topological polar surface area (TPSA) is 16.1 Å². The maximum Gasteiger partial charge on any atom is 0.0654 e. The summed E-state index contributed by atoms with van der Waals surface area (Å²) in [4.78, 5) is 6.40. The van der Waals surface area contributed by atoms with Crippen molar-refractivity contribution in [2.45, 2.75) is 6.54 Å². The van der Waals surface area contributed by atoms with E-state index in [0.29, 0.717) is 16.6 Å². The number of aromatic nitrogens is 1. The van der Waals surface area contributed by atoms with Crippen molar-refractivity contribution in [1.82, 2.24) is 4.98 Å². The molecule has 0 aliphatic carbocycles. The summed E-state index contributed by atoms with van der Waals surface area (Å²) in [6, 6.07) is 19.8. The van der Waals surface area contributed by atoms with E-state index < -0.39 is 0 Å². The van der Waals surface area contributed by atoms with Gasteiger partial charge < -0.3 is 4.90 Å². The van der Waals surface area contributed by atoms with Crippen molar-refractivity contribution in [1.29, 1.82) is 0 Å². The summed E-state index contributed by atoms with van der Waals surface area (Å²) < 4.78 is 0. The highest BCUT2D eigenvalue weighted by Gasteiger charge is 2.10. The van der Waals surface area contributed by atoms with Gasteiger partial charge >= 0.3 is 0 Å². The van der Waals surface area contributed by atoms with Gasteiger partial charge in [-0.1, -0.05) is 71.8 Å². The molecule has 0 atom stereocenters. The molecule has 1 aromatic heterocycles. The van der Waals surface area contributed by atoms with Crippen LogP contribution in [-0.4, -0.2) is 11.5 Å². The average molecular weight is 369 g/mol. The largest absolute Gasteiger partial charge is 0.362 e. The molecule has 0 amide bonds. The first kappa shape index (κ1) is 17.5. The third kappa shape index (κ3) is 5.09. The third-order valence-corrected chi connectivity index (χ3v) is 4.32. The van der Waals surface area contributed by atoms with Gasteiger partial charge in [-0.3, -0.25) is 4.98 Å². The van der Waals surface area contributed by atoms with Gasteiger partial charge in [0.25, 0.3) is 0 Å². The molecular formula is C21H18Cl2N2. The monoisotopic (exact) mass is 368 g/mol. The molecule has 0 spiro atoms. The number of pyridine rings is 1. The summed E-state index contributed by atoms with van der Waals surface area (Å²) in [6.07, 6.45) is 7.90. The van der Waals surface area contributed by atoms with E-state index in [4.69, 9.17) is 23.2 Å². The van der Waals surface area contributed by atoms with E-state index in [0.717, 1.165) is 17.8 Å². The van der Waals surface area contributed by atoms with Gasteiger partial charge in [-0.05, 0) is 35.4 Å². The Balaban J connectivity index is 1.82. The van der Waals surface area contributed by atoms with Gasteiger partial charge in [-0.25, -0.2) is 0 Å². The molecule has 0 bridgehead atoms. The molecule has 2 aromatic carbocycles. The number of rotatable bonds is 6. The van der Waals surface area contributed by atoms with E-state index in [-0.39, 0.29) is 0 Å². The Labute approximate surface area is 158 Å². The summed E-state index contributed by atoms with van der Waals surface area (Å²) in [6.45, 7) is 1.44.